The second-order valence-corrected chi connectivity index (χ2v) is 8.30. The number of ketones is 1. The highest BCUT2D eigenvalue weighted by Gasteiger charge is 2.18. The second kappa shape index (κ2) is 8.83. The Labute approximate surface area is 178 Å². The molecular formula is C23H23N3O3S. The number of unbranched alkanes of at least 4 members (excludes halogenated alkanes) is 1. The van der Waals surface area contributed by atoms with Gasteiger partial charge >= 0.3 is 0 Å². The zero-order valence-corrected chi connectivity index (χ0v) is 17.6. The van der Waals surface area contributed by atoms with Crippen LogP contribution in [0, 0.1) is 0 Å². The summed E-state index contributed by atoms with van der Waals surface area (Å²) in [6.07, 6.45) is 2.91. The lowest BCUT2D eigenvalue weighted by atomic mass is 9.99. The van der Waals surface area contributed by atoms with Crippen molar-refractivity contribution in [1.29, 1.82) is 0 Å². The average molecular weight is 422 g/mol. The van der Waals surface area contributed by atoms with E-state index in [0.717, 1.165) is 24.1 Å². The van der Waals surface area contributed by atoms with Crippen LogP contribution in [0.25, 0.3) is 10.9 Å². The van der Waals surface area contributed by atoms with Crippen LogP contribution in [-0.4, -0.2) is 27.0 Å². The van der Waals surface area contributed by atoms with E-state index in [1.54, 1.807) is 22.8 Å². The van der Waals surface area contributed by atoms with E-state index in [2.05, 4.69) is 17.2 Å². The zero-order chi connectivity index (χ0) is 21.1. The van der Waals surface area contributed by atoms with Crippen molar-refractivity contribution in [2.24, 2.45) is 0 Å². The summed E-state index contributed by atoms with van der Waals surface area (Å²) in [4.78, 5) is 41.9. The smallest absolute Gasteiger partial charge is 0.262 e. The monoisotopic (exact) mass is 421 g/mol. The number of aromatic nitrogens is 2. The maximum atomic E-state index is 12.9. The van der Waals surface area contributed by atoms with E-state index < -0.39 is 0 Å². The fourth-order valence-corrected chi connectivity index (χ4v) is 4.46. The summed E-state index contributed by atoms with van der Waals surface area (Å²) < 4.78 is 1.69. The van der Waals surface area contributed by atoms with Crippen molar-refractivity contribution >= 4 is 40.0 Å². The number of nitrogens with zero attached hydrogens (tertiary/aromatic N) is 2. The standard InChI is InChI=1S/C23H23N3O3S/c1-2-3-12-26-22(29)17-6-4-5-7-19(17)25-23(26)30-14-20(27)16-8-10-18-15(13-16)9-11-21(28)24-18/h4-8,10,13H,2-3,9,11-12,14H2,1H3,(H,24,28). The van der Waals surface area contributed by atoms with Gasteiger partial charge < -0.3 is 5.32 Å². The molecule has 1 N–H and O–H groups in total. The van der Waals surface area contributed by atoms with E-state index in [0.29, 0.717) is 41.0 Å². The lowest BCUT2D eigenvalue weighted by molar-refractivity contribution is -0.116. The zero-order valence-electron chi connectivity index (χ0n) is 16.8. The van der Waals surface area contributed by atoms with Gasteiger partial charge in [-0.1, -0.05) is 37.2 Å². The number of Topliss-reactive ketones (excluding diaryl/α,β-unsaturated/α-hetero) is 1. The molecule has 0 unspecified atom stereocenters. The number of rotatable bonds is 7. The molecule has 0 spiro atoms. The van der Waals surface area contributed by atoms with Crippen LogP contribution in [0.2, 0.25) is 0 Å². The van der Waals surface area contributed by atoms with Crippen molar-refractivity contribution in [2.45, 2.75) is 44.3 Å². The molecule has 3 aromatic rings. The molecule has 1 aromatic heterocycles. The van der Waals surface area contributed by atoms with Crippen molar-refractivity contribution in [3.8, 4) is 0 Å². The van der Waals surface area contributed by atoms with Gasteiger partial charge in [0.05, 0.1) is 16.7 Å². The van der Waals surface area contributed by atoms with Crippen molar-refractivity contribution in [1.82, 2.24) is 9.55 Å². The number of aryl methyl sites for hydroxylation is 1. The minimum Gasteiger partial charge on any atom is -0.326 e. The first-order chi connectivity index (χ1) is 14.6. The molecule has 0 atom stereocenters. The Morgan fingerprint density at radius 1 is 1.17 bits per heavy atom. The highest BCUT2D eigenvalue weighted by Crippen LogP contribution is 2.25. The van der Waals surface area contributed by atoms with E-state index in [4.69, 9.17) is 0 Å². The van der Waals surface area contributed by atoms with E-state index in [-0.39, 0.29) is 23.0 Å². The SMILES string of the molecule is CCCCn1c(SCC(=O)c2ccc3c(c2)CCC(=O)N3)nc2ccccc2c1=O. The van der Waals surface area contributed by atoms with Crippen LogP contribution in [-0.2, 0) is 17.8 Å². The first kappa shape index (κ1) is 20.3. The highest BCUT2D eigenvalue weighted by molar-refractivity contribution is 7.99. The Morgan fingerprint density at radius 2 is 2.00 bits per heavy atom. The molecule has 4 rings (SSSR count). The molecule has 0 bridgehead atoms. The minimum absolute atomic E-state index is 0.00422. The molecular weight excluding hydrogens is 398 g/mol. The van der Waals surface area contributed by atoms with E-state index >= 15 is 0 Å². The summed E-state index contributed by atoms with van der Waals surface area (Å²) in [6, 6.07) is 12.7. The first-order valence-electron chi connectivity index (χ1n) is 10.1. The summed E-state index contributed by atoms with van der Waals surface area (Å²) in [5.74, 6) is 0.177. The van der Waals surface area contributed by atoms with Crippen LogP contribution in [0.5, 0.6) is 0 Å². The van der Waals surface area contributed by atoms with Crippen LogP contribution in [0.4, 0.5) is 5.69 Å². The molecule has 2 heterocycles. The third kappa shape index (κ3) is 4.16. The van der Waals surface area contributed by atoms with Crippen LogP contribution in [0.1, 0.15) is 42.1 Å². The molecule has 1 aliphatic heterocycles. The lowest BCUT2D eigenvalue weighted by Gasteiger charge is -2.17. The number of benzene rings is 2. The molecule has 0 fully saturated rings. The van der Waals surface area contributed by atoms with Gasteiger partial charge in [0.1, 0.15) is 0 Å². The van der Waals surface area contributed by atoms with Gasteiger partial charge in [0, 0.05) is 24.2 Å². The van der Waals surface area contributed by atoms with Gasteiger partial charge in [-0.25, -0.2) is 4.98 Å². The molecule has 2 aromatic carbocycles. The van der Waals surface area contributed by atoms with E-state index in [1.165, 1.54) is 11.8 Å². The predicted octanol–water partition coefficient (Wildman–Crippen LogP) is 4.06. The maximum absolute atomic E-state index is 12.9. The Bertz CT molecular complexity index is 1190. The number of amides is 1. The largest absolute Gasteiger partial charge is 0.326 e. The summed E-state index contributed by atoms with van der Waals surface area (Å²) in [5.41, 5.74) is 2.96. The van der Waals surface area contributed by atoms with E-state index in [9.17, 15) is 14.4 Å². The van der Waals surface area contributed by atoms with Crippen LogP contribution < -0.4 is 10.9 Å². The topological polar surface area (TPSA) is 81.1 Å². The summed E-state index contributed by atoms with van der Waals surface area (Å²) >= 11 is 1.30. The van der Waals surface area contributed by atoms with Crippen molar-refractivity contribution in [2.75, 3.05) is 11.1 Å². The van der Waals surface area contributed by atoms with Gasteiger partial charge in [0.25, 0.3) is 5.56 Å². The number of nitrogens with one attached hydrogen (secondary N) is 1. The molecule has 1 amide bonds. The fourth-order valence-electron chi connectivity index (χ4n) is 3.54. The molecule has 6 nitrogen and oxygen atoms in total. The fraction of sp³-hybridized carbons (Fsp3) is 0.304. The third-order valence-corrected chi connectivity index (χ3v) is 6.19. The van der Waals surface area contributed by atoms with Crippen molar-refractivity contribution in [3.63, 3.8) is 0 Å². The van der Waals surface area contributed by atoms with Crippen LogP contribution in [0.3, 0.4) is 0 Å². The van der Waals surface area contributed by atoms with Gasteiger partial charge in [-0.2, -0.15) is 0 Å². The molecule has 1 aliphatic rings. The number of thioether (sulfide) groups is 1. The Kier molecular flexibility index (Phi) is 5.99. The lowest BCUT2D eigenvalue weighted by Crippen LogP contribution is -2.24. The molecule has 0 saturated heterocycles. The summed E-state index contributed by atoms with van der Waals surface area (Å²) in [6.45, 7) is 2.66. The van der Waals surface area contributed by atoms with Gasteiger partial charge in [-0.3, -0.25) is 19.0 Å². The Morgan fingerprint density at radius 3 is 2.83 bits per heavy atom. The first-order valence-corrected chi connectivity index (χ1v) is 11.1. The molecule has 154 valence electrons. The second-order valence-electron chi connectivity index (χ2n) is 7.35. The number of para-hydroxylation sites is 1. The van der Waals surface area contributed by atoms with E-state index in [1.807, 2.05) is 24.3 Å². The molecule has 0 aliphatic carbocycles. The Balaban J connectivity index is 1.57. The maximum Gasteiger partial charge on any atom is 0.262 e. The van der Waals surface area contributed by atoms with Crippen molar-refractivity contribution < 1.29 is 9.59 Å². The van der Waals surface area contributed by atoms with Crippen LogP contribution in [0.15, 0.2) is 52.4 Å². The molecule has 0 saturated carbocycles. The quantitative estimate of drug-likeness (QED) is 0.354. The normalized spacial score (nSPS) is 13.2. The molecule has 7 heteroatoms. The number of fused-ring (bicyclic) bond motifs is 2. The van der Waals surface area contributed by atoms with Crippen LogP contribution >= 0.6 is 11.8 Å². The molecule has 30 heavy (non-hydrogen) atoms. The predicted molar refractivity (Wildman–Crippen MR) is 119 cm³/mol. The number of carbonyl (C=O) groups excluding carboxylic acids is 2. The third-order valence-electron chi connectivity index (χ3n) is 5.22. The van der Waals surface area contributed by atoms with Gasteiger partial charge in [-0.05, 0) is 48.7 Å². The molecule has 0 radical (unpaired) electrons. The number of hydrogen-bond donors (Lipinski definition) is 1. The van der Waals surface area contributed by atoms with Crippen molar-refractivity contribution in [3.05, 3.63) is 63.9 Å². The van der Waals surface area contributed by atoms with Gasteiger partial charge in [-0.15, -0.1) is 0 Å². The van der Waals surface area contributed by atoms with Gasteiger partial charge in [0.2, 0.25) is 5.91 Å². The highest BCUT2D eigenvalue weighted by atomic mass is 32.2. The van der Waals surface area contributed by atoms with Gasteiger partial charge in [0.15, 0.2) is 10.9 Å². The number of hydrogen-bond acceptors (Lipinski definition) is 5. The summed E-state index contributed by atoms with van der Waals surface area (Å²) in [5, 5.41) is 4.00. The Hall–Kier alpha value is -2.93. The number of carbonyl (C=O) groups is 2. The summed E-state index contributed by atoms with van der Waals surface area (Å²) in [7, 11) is 0. The number of anilines is 1. The minimum atomic E-state index is -0.0616. The average Bonchev–Trinajstić information content (AvgIpc) is 2.76.